The molecule has 0 unspecified atom stereocenters. The zero-order chi connectivity index (χ0) is 4.99. The van der Waals surface area contributed by atoms with Crippen LogP contribution in [-0.4, -0.2) is 62.0 Å². The van der Waals surface area contributed by atoms with Gasteiger partial charge in [0.2, 0.25) is 0 Å². The van der Waals surface area contributed by atoms with Crippen LogP contribution in [0.25, 0.3) is 0 Å². The van der Waals surface area contributed by atoms with Gasteiger partial charge >= 0.3 is 170 Å². The van der Waals surface area contributed by atoms with Crippen molar-refractivity contribution in [3.05, 3.63) is 0 Å². The Bertz CT molecular complexity index is 46.5. The third kappa shape index (κ3) is 74.7. The first-order valence-corrected chi connectivity index (χ1v) is 1.71. The van der Waals surface area contributed by atoms with Crippen LogP contribution in [0.4, 0.5) is 0 Å². The molecule has 13 heteroatoms. The Kier molecular flexibility index (Phi) is 368. The van der Waals surface area contributed by atoms with Gasteiger partial charge in [-0.05, 0) is 0 Å². The second-order valence-corrected chi connectivity index (χ2v) is 1.02. The van der Waals surface area contributed by atoms with Crippen LogP contribution in [0.3, 0.4) is 0 Å². The van der Waals surface area contributed by atoms with Crippen molar-refractivity contribution >= 4 is 0 Å². The first kappa shape index (κ1) is 82.7. The summed E-state index contributed by atoms with van der Waals surface area (Å²) in [5, 5.41) is 24.0. The van der Waals surface area contributed by atoms with Crippen LogP contribution in [0, 0.1) is 0 Å². The topological polar surface area (TPSA) is 211 Å². The molecule has 16 heavy (non-hydrogen) atoms. The van der Waals surface area contributed by atoms with E-state index in [9.17, 15) is 0 Å². The molecule has 0 rings (SSSR count). The van der Waals surface area contributed by atoms with Gasteiger partial charge in [-0.1, -0.05) is 0 Å². The molecule has 78 valence electrons. The predicted molar refractivity (Wildman–Crippen MR) is 29.9 cm³/mol. The van der Waals surface area contributed by atoms with Crippen LogP contribution in [0.1, 0.15) is 0 Å². The maximum Gasteiger partial charge on any atom is 1.00 e. The van der Waals surface area contributed by atoms with Crippen molar-refractivity contribution in [2.24, 2.45) is 0 Å². The monoisotopic (exact) mass is 308 g/mol. The maximum absolute atomic E-state index is 8.17. The van der Waals surface area contributed by atoms with E-state index in [1.165, 1.54) is 0 Å². The number of rotatable bonds is 2. The molecule has 0 saturated heterocycles. The summed E-state index contributed by atoms with van der Waals surface area (Å²) in [6, 6.07) is 0. The first-order chi connectivity index (χ1) is 2.81. The van der Waals surface area contributed by atoms with E-state index in [1.807, 2.05) is 0 Å². The van der Waals surface area contributed by atoms with Gasteiger partial charge in [-0.15, -0.1) is 0 Å². The Hall–Kier alpha value is 5.32. The minimum Gasteiger partial charge on any atom is -0.870 e. The molecule has 0 aliphatic heterocycles. The van der Waals surface area contributed by atoms with Crippen LogP contribution in [0.15, 0.2) is 0 Å². The van der Waals surface area contributed by atoms with E-state index in [-0.39, 0.29) is 210 Å². The van der Waals surface area contributed by atoms with Gasteiger partial charge in [0.15, 0.2) is 0 Å². The fourth-order valence-electron chi connectivity index (χ4n) is 0.0577. The third-order valence-electron chi connectivity index (χ3n) is 0.421. The quantitative estimate of drug-likeness (QED) is 0.415. The van der Waals surface area contributed by atoms with Crippen molar-refractivity contribution in [2.45, 2.75) is 6.10 Å². The molecular formula is C3H13KNa4O8. The molecule has 0 bridgehead atoms. The SMILES string of the molecule is OCC(O)CO.[K+].[Na+].[Na+].[Na+].[Na+].[OH-].[OH-].[OH-].[OH-].[OH-]. The smallest absolute Gasteiger partial charge is 0.870 e. The summed E-state index contributed by atoms with van der Waals surface area (Å²) in [6.07, 6.45) is -0.954. The molecule has 0 heterocycles. The Morgan fingerprint density at radius 2 is 0.750 bits per heavy atom. The van der Waals surface area contributed by atoms with Crippen LogP contribution < -0.4 is 170 Å². The molecule has 0 aliphatic rings. The number of aliphatic hydroxyl groups is 3. The summed E-state index contributed by atoms with van der Waals surface area (Å²) in [6.45, 7) is -0.729. The van der Waals surface area contributed by atoms with E-state index < -0.39 is 6.10 Å². The molecule has 0 fully saturated rings. The normalized spacial score (nSPS) is 3.75. The van der Waals surface area contributed by atoms with E-state index in [0.29, 0.717) is 0 Å². The molecule has 0 aliphatic carbocycles. The number of hydrogen-bond donors (Lipinski definition) is 3. The Balaban J connectivity index is -0.00000000278. The fraction of sp³-hybridized carbons (Fsp3) is 1.00. The summed E-state index contributed by atoms with van der Waals surface area (Å²) < 4.78 is 0. The van der Waals surface area contributed by atoms with Gasteiger partial charge in [0.25, 0.3) is 0 Å². The Morgan fingerprint density at radius 3 is 0.750 bits per heavy atom. The van der Waals surface area contributed by atoms with Gasteiger partial charge < -0.3 is 42.7 Å². The van der Waals surface area contributed by atoms with Crippen molar-refractivity contribution in [1.82, 2.24) is 0 Å². The van der Waals surface area contributed by atoms with E-state index in [2.05, 4.69) is 0 Å². The van der Waals surface area contributed by atoms with E-state index >= 15 is 0 Å². The molecule has 0 amide bonds. The average molecular weight is 308 g/mol. The molecule has 0 spiro atoms. The largest absolute Gasteiger partial charge is 1.00 e. The first-order valence-electron chi connectivity index (χ1n) is 1.71. The summed E-state index contributed by atoms with van der Waals surface area (Å²) in [5.74, 6) is 0. The minimum atomic E-state index is -0.954. The second-order valence-electron chi connectivity index (χ2n) is 1.02. The van der Waals surface area contributed by atoms with Crippen molar-refractivity contribution in [1.29, 1.82) is 0 Å². The van der Waals surface area contributed by atoms with Gasteiger partial charge in [0.05, 0.1) is 13.2 Å². The summed E-state index contributed by atoms with van der Waals surface area (Å²) in [4.78, 5) is 0. The number of aliphatic hydroxyl groups excluding tert-OH is 3. The fourth-order valence-corrected chi connectivity index (χ4v) is 0.0577. The molecule has 8 N–H and O–H groups in total. The van der Waals surface area contributed by atoms with E-state index in [0.717, 1.165) is 0 Å². The van der Waals surface area contributed by atoms with Crippen LogP contribution >= 0.6 is 0 Å². The van der Waals surface area contributed by atoms with E-state index in [4.69, 9.17) is 15.3 Å². The molecular weight excluding hydrogens is 295 g/mol. The van der Waals surface area contributed by atoms with Crippen LogP contribution in [-0.2, 0) is 0 Å². The van der Waals surface area contributed by atoms with Gasteiger partial charge in [-0.3, -0.25) is 0 Å². The van der Waals surface area contributed by atoms with Gasteiger partial charge in [0.1, 0.15) is 6.10 Å². The molecule has 8 nitrogen and oxygen atoms in total. The standard InChI is InChI=1S/C3H8O3.K.4Na.5H2O/c4-1-3(6)2-5;;;;;;;;;;/h3-6H,1-2H2;;;;;;5*1H2/q;5*+1;;;;;/p-5. The zero-order valence-corrected chi connectivity index (χ0v) is 21.7. The van der Waals surface area contributed by atoms with Crippen molar-refractivity contribution < 1.29 is 212 Å². The summed E-state index contributed by atoms with van der Waals surface area (Å²) in [7, 11) is 0. The molecule has 0 aromatic rings. The van der Waals surface area contributed by atoms with Crippen molar-refractivity contribution in [2.75, 3.05) is 13.2 Å². The van der Waals surface area contributed by atoms with Crippen LogP contribution in [0.5, 0.6) is 0 Å². The predicted octanol–water partition coefficient (Wildman–Crippen LogP) is -17.5. The Morgan fingerprint density at radius 1 is 0.625 bits per heavy atom. The molecule has 0 atom stereocenters. The Labute approximate surface area is 226 Å². The third-order valence-corrected chi connectivity index (χ3v) is 0.421. The van der Waals surface area contributed by atoms with Crippen molar-refractivity contribution in [3.8, 4) is 0 Å². The molecule has 0 aromatic heterocycles. The number of hydrogen-bond acceptors (Lipinski definition) is 8. The summed E-state index contributed by atoms with van der Waals surface area (Å²) >= 11 is 0. The minimum absolute atomic E-state index is 0. The van der Waals surface area contributed by atoms with Gasteiger partial charge in [0, 0.05) is 0 Å². The van der Waals surface area contributed by atoms with Crippen LogP contribution in [0.2, 0.25) is 0 Å². The zero-order valence-electron chi connectivity index (χ0n) is 10.6. The molecule has 0 radical (unpaired) electrons. The van der Waals surface area contributed by atoms with Crippen molar-refractivity contribution in [3.63, 3.8) is 0 Å². The average Bonchev–Trinajstić information content (AvgIpc) is 1.65. The molecule has 0 aromatic carbocycles. The molecule has 0 saturated carbocycles. The van der Waals surface area contributed by atoms with Gasteiger partial charge in [-0.2, -0.15) is 0 Å². The second kappa shape index (κ2) is 71.2. The summed E-state index contributed by atoms with van der Waals surface area (Å²) in [5.41, 5.74) is 0. The van der Waals surface area contributed by atoms with Gasteiger partial charge in [-0.25, -0.2) is 0 Å². The maximum atomic E-state index is 8.17. The van der Waals surface area contributed by atoms with E-state index in [1.54, 1.807) is 0 Å².